The Morgan fingerprint density at radius 1 is 1.37 bits per heavy atom. The molecule has 8 heteroatoms. The summed E-state index contributed by atoms with van der Waals surface area (Å²) in [4.78, 5) is 13.9. The van der Waals surface area contributed by atoms with Crippen LogP contribution in [0.2, 0.25) is 0 Å². The van der Waals surface area contributed by atoms with Gasteiger partial charge < -0.3 is 9.88 Å². The van der Waals surface area contributed by atoms with Crippen molar-refractivity contribution in [3.8, 4) is 17.5 Å². The smallest absolute Gasteiger partial charge is 0.235 e. The molecule has 1 N–H and O–H groups in total. The van der Waals surface area contributed by atoms with Crippen molar-refractivity contribution in [2.24, 2.45) is 5.92 Å². The second kappa shape index (κ2) is 9.02. The molecule has 0 saturated heterocycles. The summed E-state index contributed by atoms with van der Waals surface area (Å²) in [7, 11) is 0. The average Bonchev–Trinajstić information content (AvgIpc) is 3.32. The van der Waals surface area contributed by atoms with E-state index in [9.17, 15) is 10.1 Å². The zero-order valence-corrected chi connectivity index (χ0v) is 18.6. The molecule has 3 aromatic rings. The van der Waals surface area contributed by atoms with Crippen LogP contribution in [0.4, 0.5) is 5.00 Å². The fraction of sp³-hybridized carbons (Fsp3) is 0.364. The molecule has 1 aliphatic rings. The highest BCUT2D eigenvalue weighted by Gasteiger charge is 2.25. The monoisotopic (exact) mass is 437 g/mol. The van der Waals surface area contributed by atoms with Gasteiger partial charge in [0, 0.05) is 17.0 Å². The van der Waals surface area contributed by atoms with Gasteiger partial charge in [-0.15, -0.1) is 21.5 Å². The molecule has 0 radical (unpaired) electrons. The summed E-state index contributed by atoms with van der Waals surface area (Å²) in [6, 6.07) is 12.2. The molecule has 0 aliphatic heterocycles. The van der Waals surface area contributed by atoms with Gasteiger partial charge >= 0.3 is 0 Å². The number of thiophene rings is 1. The lowest BCUT2D eigenvalue weighted by molar-refractivity contribution is -0.113. The largest absolute Gasteiger partial charge is 0.316 e. The van der Waals surface area contributed by atoms with Crippen LogP contribution in [0.1, 0.15) is 36.3 Å². The summed E-state index contributed by atoms with van der Waals surface area (Å²) in [5, 5.41) is 22.6. The summed E-state index contributed by atoms with van der Waals surface area (Å²) >= 11 is 2.91. The summed E-state index contributed by atoms with van der Waals surface area (Å²) in [6.45, 7) is 4.99. The highest BCUT2D eigenvalue weighted by atomic mass is 32.2. The van der Waals surface area contributed by atoms with Gasteiger partial charge in [0.25, 0.3) is 0 Å². The predicted molar refractivity (Wildman–Crippen MR) is 121 cm³/mol. The SMILES string of the molecule is CCn1c(SCC(=O)Nc2sc3c(c2C#N)CC[C@H](C)C3)nnc1-c1ccccc1. The minimum atomic E-state index is -0.130. The van der Waals surface area contributed by atoms with Gasteiger partial charge in [0.15, 0.2) is 11.0 Å². The molecule has 0 saturated carbocycles. The molecule has 0 fully saturated rings. The molecule has 0 bridgehead atoms. The first-order valence-corrected chi connectivity index (χ1v) is 11.9. The Morgan fingerprint density at radius 2 is 2.17 bits per heavy atom. The summed E-state index contributed by atoms with van der Waals surface area (Å²) < 4.78 is 2.01. The van der Waals surface area contributed by atoms with Crippen LogP contribution in [0.25, 0.3) is 11.4 Å². The van der Waals surface area contributed by atoms with Crippen molar-refractivity contribution >= 4 is 34.0 Å². The van der Waals surface area contributed by atoms with E-state index >= 15 is 0 Å². The van der Waals surface area contributed by atoms with Gasteiger partial charge in [-0.2, -0.15) is 5.26 Å². The van der Waals surface area contributed by atoms with Crippen molar-refractivity contribution in [2.45, 2.75) is 44.8 Å². The van der Waals surface area contributed by atoms with Gasteiger partial charge in [-0.3, -0.25) is 4.79 Å². The highest BCUT2D eigenvalue weighted by molar-refractivity contribution is 7.99. The molecule has 6 nitrogen and oxygen atoms in total. The number of nitrogens with zero attached hydrogens (tertiary/aromatic N) is 4. The van der Waals surface area contributed by atoms with E-state index in [4.69, 9.17) is 0 Å². The van der Waals surface area contributed by atoms with E-state index in [-0.39, 0.29) is 11.7 Å². The average molecular weight is 438 g/mol. The Morgan fingerprint density at radius 3 is 2.90 bits per heavy atom. The first kappa shape index (κ1) is 20.6. The van der Waals surface area contributed by atoms with Crippen molar-refractivity contribution in [1.29, 1.82) is 5.26 Å². The number of nitriles is 1. The number of hydrogen-bond donors (Lipinski definition) is 1. The van der Waals surface area contributed by atoms with Gasteiger partial charge in [-0.05, 0) is 37.7 Å². The number of aromatic nitrogens is 3. The first-order chi connectivity index (χ1) is 14.6. The third-order valence-corrected chi connectivity index (χ3v) is 7.41. The van der Waals surface area contributed by atoms with E-state index in [2.05, 4.69) is 28.5 Å². The van der Waals surface area contributed by atoms with Crippen LogP contribution in [0, 0.1) is 17.2 Å². The van der Waals surface area contributed by atoms with E-state index in [0.29, 0.717) is 21.6 Å². The number of carbonyl (C=O) groups is 1. The van der Waals surface area contributed by atoms with Gasteiger partial charge in [0.05, 0.1) is 11.3 Å². The molecule has 1 aliphatic carbocycles. The molecule has 1 aromatic carbocycles. The number of fused-ring (bicyclic) bond motifs is 1. The molecular weight excluding hydrogens is 414 g/mol. The molecule has 2 aromatic heterocycles. The molecular formula is C22H23N5OS2. The molecule has 1 atom stereocenters. The maximum absolute atomic E-state index is 12.6. The standard InChI is InChI=1S/C22H23N5OS2/c1-3-27-20(15-7-5-4-6-8-15)25-26-22(27)29-13-19(28)24-21-17(12-23)16-10-9-14(2)11-18(16)30-21/h4-8,14H,3,9-11,13H2,1-2H3,(H,24,28)/t14-/m0/s1. The lowest BCUT2D eigenvalue weighted by atomic mass is 9.89. The second-order valence-corrected chi connectivity index (χ2v) is 9.47. The number of nitrogens with one attached hydrogen (secondary N) is 1. The third kappa shape index (κ3) is 4.13. The Kier molecular flexibility index (Phi) is 6.21. The van der Waals surface area contributed by atoms with Crippen molar-refractivity contribution in [2.75, 3.05) is 11.1 Å². The topological polar surface area (TPSA) is 83.6 Å². The van der Waals surface area contributed by atoms with E-state index in [1.54, 1.807) is 11.3 Å². The number of amides is 1. The molecule has 154 valence electrons. The maximum Gasteiger partial charge on any atom is 0.235 e. The molecule has 2 heterocycles. The minimum absolute atomic E-state index is 0.130. The normalized spacial score (nSPS) is 15.4. The second-order valence-electron chi connectivity index (χ2n) is 7.42. The third-order valence-electron chi connectivity index (χ3n) is 5.27. The van der Waals surface area contributed by atoms with Crippen LogP contribution in [-0.4, -0.2) is 26.4 Å². The van der Waals surface area contributed by atoms with E-state index < -0.39 is 0 Å². The zero-order valence-electron chi connectivity index (χ0n) is 17.0. The number of anilines is 1. The summed E-state index contributed by atoms with van der Waals surface area (Å²) in [5.41, 5.74) is 2.77. The van der Waals surface area contributed by atoms with Gasteiger partial charge in [-0.25, -0.2) is 0 Å². The van der Waals surface area contributed by atoms with Crippen molar-refractivity contribution in [3.63, 3.8) is 0 Å². The van der Waals surface area contributed by atoms with Gasteiger partial charge in [0.1, 0.15) is 11.1 Å². The number of carbonyl (C=O) groups excluding carboxylic acids is 1. The van der Waals surface area contributed by atoms with Gasteiger partial charge in [0.2, 0.25) is 5.91 Å². The van der Waals surface area contributed by atoms with E-state index in [1.165, 1.54) is 16.6 Å². The van der Waals surface area contributed by atoms with E-state index in [1.807, 2.05) is 41.8 Å². The van der Waals surface area contributed by atoms with Crippen LogP contribution in [0.5, 0.6) is 0 Å². The predicted octanol–water partition coefficient (Wildman–Crippen LogP) is 4.75. The van der Waals surface area contributed by atoms with Crippen molar-refractivity contribution < 1.29 is 4.79 Å². The summed E-state index contributed by atoms with van der Waals surface area (Å²) in [6.07, 6.45) is 3.00. The van der Waals surface area contributed by atoms with Gasteiger partial charge in [-0.1, -0.05) is 49.0 Å². The number of rotatable bonds is 6. The Hall–Kier alpha value is -2.63. The molecule has 0 unspecified atom stereocenters. The fourth-order valence-corrected chi connectivity index (χ4v) is 5.91. The Bertz CT molecular complexity index is 1100. The van der Waals surface area contributed by atoms with Crippen molar-refractivity contribution in [3.05, 3.63) is 46.3 Å². The number of benzene rings is 1. The van der Waals surface area contributed by atoms with Crippen LogP contribution >= 0.6 is 23.1 Å². The molecule has 0 spiro atoms. The molecule has 30 heavy (non-hydrogen) atoms. The highest BCUT2D eigenvalue weighted by Crippen LogP contribution is 2.39. The lowest BCUT2D eigenvalue weighted by Crippen LogP contribution is -2.14. The van der Waals surface area contributed by atoms with Crippen molar-refractivity contribution in [1.82, 2.24) is 14.8 Å². The van der Waals surface area contributed by atoms with Crippen LogP contribution < -0.4 is 5.32 Å². The van der Waals surface area contributed by atoms with Crippen LogP contribution in [0.15, 0.2) is 35.5 Å². The van der Waals surface area contributed by atoms with E-state index in [0.717, 1.165) is 42.8 Å². The molecule has 1 amide bonds. The fourth-order valence-electron chi connectivity index (χ4n) is 3.73. The number of thioether (sulfide) groups is 1. The first-order valence-electron chi connectivity index (χ1n) is 10.1. The number of hydrogen-bond acceptors (Lipinski definition) is 6. The zero-order chi connectivity index (χ0) is 21.1. The minimum Gasteiger partial charge on any atom is -0.316 e. The lowest BCUT2D eigenvalue weighted by Gasteiger charge is -2.17. The van der Waals surface area contributed by atoms with Crippen LogP contribution in [-0.2, 0) is 24.2 Å². The molecule has 4 rings (SSSR count). The quantitative estimate of drug-likeness (QED) is 0.563. The van der Waals surface area contributed by atoms with Crippen LogP contribution in [0.3, 0.4) is 0 Å². The maximum atomic E-state index is 12.6. The summed E-state index contributed by atoms with van der Waals surface area (Å²) in [5.74, 6) is 1.51. The Balaban J connectivity index is 1.45. The Labute approximate surface area is 184 Å².